The monoisotopic (exact) mass is 757 g/mol. The van der Waals surface area contributed by atoms with Crippen molar-refractivity contribution in [1.29, 1.82) is 0 Å². The van der Waals surface area contributed by atoms with Crippen LogP contribution in [0.15, 0.2) is 173 Å². The number of phenols is 1. The summed E-state index contributed by atoms with van der Waals surface area (Å²) in [6, 6.07) is 41.3. The number of nitrogens with two attached hydrogens (primary N) is 1. The first kappa shape index (κ1) is 35.9. The molecule has 0 radical (unpaired) electrons. The summed E-state index contributed by atoms with van der Waals surface area (Å²) in [5, 5.41) is 22.8. The maximum atomic E-state index is 14.9. The Hall–Kier alpha value is -6.53. The summed E-state index contributed by atoms with van der Waals surface area (Å²) in [4.78, 5) is 3.77. The molecule has 1 unspecified atom stereocenters. The molecule has 0 aliphatic heterocycles. The lowest BCUT2D eigenvalue weighted by atomic mass is 10.1. The lowest BCUT2D eigenvalue weighted by Gasteiger charge is -2.29. The lowest BCUT2D eigenvalue weighted by molar-refractivity contribution is 0.376. The van der Waals surface area contributed by atoms with Gasteiger partial charge in [0.15, 0.2) is 5.78 Å². The van der Waals surface area contributed by atoms with E-state index in [0.717, 1.165) is 17.2 Å². The van der Waals surface area contributed by atoms with E-state index in [1.165, 1.54) is 18.2 Å². The molecule has 0 aliphatic rings. The zero-order valence-corrected chi connectivity index (χ0v) is 30.0. The number of nitrogens with one attached hydrogen (secondary N) is 1. The van der Waals surface area contributed by atoms with Crippen molar-refractivity contribution in [1.82, 2.24) is 4.98 Å². The molecule has 0 bridgehead atoms. The Morgan fingerprint density at radius 2 is 1.33 bits per heavy atom. The number of fused-ring (bicyclic) bond motifs is 1. The van der Waals surface area contributed by atoms with Crippen LogP contribution < -0.4 is 20.1 Å². The zero-order chi connectivity index (χ0) is 37.7. The highest BCUT2D eigenvalue weighted by molar-refractivity contribution is 7.85. The maximum absolute atomic E-state index is 14.9. The number of pyridine rings is 1. The third-order valence-corrected chi connectivity index (χ3v) is 11.1. The zero-order valence-electron chi connectivity index (χ0n) is 28.3. The van der Waals surface area contributed by atoms with E-state index in [1.807, 2.05) is 54.6 Å². The Bertz CT molecular complexity index is 2550. The summed E-state index contributed by atoms with van der Waals surface area (Å²) < 4.78 is 60.3. The van der Waals surface area contributed by atoms with Gasteiger partial charge in [0, 0.05) is 40.5 Å². The predicted octanol–water partition coefficient (Wildman–Crippen LogP) is 10.3. The number of nitrogens with zero attached hydrogens (tertiary/aromatic N) is 3. The first-order valence-corrected chi connectivity index (χ1v) is 19.5. The fourth-order valence-corrected chi connectivity index (χ4v) is 8.09. The van der Waals surface area contributed by atoms with Crippen molar-refractivity contribution < 1.29 is 31.7 Å². The van der Waals surface area contributed by atoms with E-state index < -0.39 is 28.4 Å². The maximum Gasteiger partial charge on any atom is 0.457 e. The van der Waals surface area contributed by atoms with Crippen molar-refractivity contribution in [3.8, 4) is 28.4 Å². The van der Waals surface area contributed by atoms with Gasteiger partial charge in [-0.1, -0.05) is 66.7 Å². The molecule has 12 nitrogen and oxygen atoms in total. The van der Waals surface area contributed by atoms with Crippen LogP contribution in [0.5, 0.6) is 17.2 Å². The quantitative estimate of drug-likeness (QED) is 0.0404. The molecule has 1 aromatic heterocycles. The van der Waals surface area contributed by atoms with Gasteiger partial charge in [0.1, 0.15) is 22.9 Å². The van der Waals surface area contributed by atoms with Gasteiger partial charge in [-0.3, -0.25) is 9.54 Å². The number of aromatic nitrogens is 1. The summed E-state index contributed by atoms with van der Waals surface area (Å²) in [5.41, 5.74) is 9.98. The molecule has 0 saturated heterocycles. The summed E-state index contributed by atoms with van der Waals surface area (Å²) >= 11 is 0. The number of hydrogen-bond donors (Lipinski definition) is 4. The first-order chi connectivity index (χ1) is 26.1. The van der Waals surface area contributed by atoms with Crippen molar-refractivity contribution in [2.75, 3.05) is 11.1 Å². The average Bonchev–Trinajstić information content (AvgIpc) is 3.17. The van der Waals surface area contributed by atoms with Crippen LogP contribution in [0.4, 0.5) is 22.7 Å². The van der Waals surface area contributed by atoms with Crippen LogP contribution in [0.2, 0.25) is 0 Å². The van der Waals surface area contributed by atoms with Crippen molar-refractivity contribution in [3.05, 3.63) is 164 Å². The number of benzene rings is 6. The van der Waals surface area contributed by atoms with Crippen LogP contribution >= 0.6 is 7.60 Å². The average molecular weight is 758 g/mol. The fourth-order valence-electron chi connectivity index (χ4n) is 5.66. The summed E-state index contributed by atoms with van der Waals surface area (Å²) in [6.45, 7) is 0. The van der Waals surface area contributed by atoms with Crippen LogP contribution in [0, 0.1) is 0 Å². The number of nitrogen functional groups attached to an aromatic ring is 1. The van der Waals surface area contributed by atoms with E-state index in [-0.39, 0.29) is 22.5 Å². The second-order valence-corrected chi connectivity index (χ2v) is 15.4. The number of anilines is 2. The molecule has 7 rings (SSSR count). The van der Waals surface area contributed by atoms with Gasteiger partial charge in [0.2, 0.25) is 0 Å². The summed E-state index contributed by atoms with van der Waals surface area (Å²) in [6.07, 6.45) is 3.26. The SMILES string of the molecule is Nc1ccc2c(O)cc(S(=O)(=O)O)cc2c1N=Nc1ccc(-c2ccc(NC(c3cccnc3)P(=O)(Oc3ccccc3)Oc3ccccc3)cc2)cc1. The van der Waals surface area contributed by atoms with Gasteiger partial charge in [-0.2, -0.15) is 13.5 Å². The van der Waals surface area contributed by atoms with Crippen LogP contribution in [-0.4, -0.2) is 23.1 Å². The predicted molar refractivity (Wildman–Crippen MR) is 208 cm³/mol. The Labute approximate surface area is 310 Å². The van der Waals surface area contributed by atoms with Gasteiger partial charge >= 0.3 is 7.60 Å². The van der Waals surface area contributed by atoms with E-state index in [2.05, 4.69) is 20.5 Å². The van der Waals surface area contributed by atoms with Crippen molar-refractivity contribution in [2.24, 2.45) is 10.2 Å². The van der Waals surface area contributed by atoms with Gasteiger partial charge in [-0.25, -0.2) is 4.57 Å². The van der Waals surface area contributed by atoms with Gasteiger partial charge in [0.25, 0.3) is 10.1 Å². The normalized spacial score (nSPS) is 12.4. The van der Waals surface area contributed by atoms with Crippen molar-refractivity contribution >= 4 is 51.2 Å². The molecule has 7 aromatic rings. The molecular formula is C40H32N5O7PS. The van der Waals surface area contributed by atoms with Gasteiger partial charge in [-0.15, -0.1) is 5.11 Å². The summed E-state index contributed by atoms with van der Waals surface area (Å²) in [5.74, 6) is -0.528. The van der Waals surface area contributed by atoms with Crippen LogP contribution in [0.1, 0.15) is 11.3 Å². The molecule has 0 saturated carbocycles. The number of phenolic OH excluding ortho intramolecular Hbond substituents is 1. The highest BCUT2D eigenvalue weighted by Gasteiger charge is 2.41. The Morgan fingerprint density at radius 1 is 0.722 bits per heavy atom. The highest BCUT2D eigenvalue weighted by Crippen LogP contribution is 2.60. The van der Waals surface area contributed by atoms with Gasteiger partial charge in [-0.05, 0) is 83.9 Å². The second-order valence-electron chi connectivity index (χ2n) is 12.0. The van der Waals surface area contributed by atoms with E-state index in [0.29, 0.717) is 33.8 Å². The molecule has 6 aromatic carbocycles. The lowest BCUT2D eigenvalue weighted by Crippen LogP contribution is -2.18. The molecule has 54 heavy (non-hydrogen) atoms. The van der Waals surface area contributed by atoms with Crippen molar-refractivity contribution in [3.63, 3.8) is 0 Å². The molecule has 270 valence electrons. The highest BCUT2D eigenvalue weighted by atomic mass is 32.2. The molecule has 5 N–H and O–H groups in total. The number of azo groups is 1. The van der Waals surface area contributed by atoms with E-state index in [1.54, 1.807) is 79.1 Å². The van der Waals surface area contributed by atoms with Gasteiger partial charge in [0.05, 0.1) is 16.3 Å². The van der Waals surface area contributed by atoms with Crippen molar-refractivity contribution in [2.45, 2.75) is 10.7 Å². The molecule has 0 spiro atoms. The minimum absolute atomic E-state index is 0.137. The molecule has 0 aliphatic carbocycles. The Balaban J connectivity index is 1.14. The van der Waals surface area contributed by atoms with E-state index in [4.69, 9.17) is 14.8 Å². The van der Waals surface area contributed by atoms with Gasteiger partial charge < -0.3 is 25.2 Å². The van der Waals surface area contributed by atoms with Crippen LogP contribution in [-0.2, 0) is 14.7 Å². The van der Waals surface area contributed by atoms with Crippen LogP contribution in [0.25, 0.3) is 21.9 Å². The minimum Gasteiger partial charge on any atom is -0.507 e. The fraction of sp³-hybridized carbons (Fsp3) is 0.0250. The largest absolute Gasteiger partial charge is 0.507 e. The van der Waals surface area contributed by atoms with Crippen LogP contribution in [0.3, 0.4) is 0 Å². The minimum atomic E-state index is -4.60. The second kappa shape index (κ2) is 15.2. The molecule has 0 amide bonds. The number of rotatable bonds is 12. The van der Waals surface area contributed by atoms with E-state index in [9.17, 15) is 22.6 Å². The first-order valence-electron chi connectivity index (χ1n) is 16.5. The number of aromatic hydroxyl groups is 1. The molecule has 0 fully saturated rings. The number of hydrogen-bond acceptors (Lipinski definition) is 11. The van der Waals surface area contributed by atoms with E-state index >= 15 is 0 Å². The Morgan fingerprint density at radius 3 is 1.91 bits per heavy atom. The Kier molecular flexibility index (Phi) is 10.1. The molecular weight excluding hydrogens is 726 g/mol. The third-order valence-electron chi connectivity index (χ3n) is 8.31. The third kappa shape index (κ3) is 8.08. The molecule has 1 heterocycles. The number of para-hydroxylation sites is 2. The molecule has 14 heteroatoms. The topological polar surface area (TPSA) is 186 Å². The standard InChI is InChI=1S/C40H32N5O7PS/c41-37-22-21-35-36(24-34(25-38(35)46)54(48,49)50)39(37)45-44-31-19-15-28(16-20-31)27-13-17-30(18-14-27)43-40(29-8-7-23-42-26-29)53(47,51-32-9-3-1-4-10-32)52-33-11-5-2-6-12-33/h1-26,40,43,46H,41H2,(H,48,49,50). The molecule has 1 atom stereocenters. The summed E-state index contributed by atoms with van der Waals surface area (Å²) in [7, 11) is -8.62. The smallest absolute Gasteiger partial charge is 0.457 e.